The van der Waals surface area contributed by atoms with E-state index in [0.717, 1.165) is 44.4 Å². The number of ether oxygens (including phenoxy) is 1. The van der Waals surface area contributed by atoms with Crippen LogP contribution < -0.4 is 10.1 Å². The molecular weight excluding hydrogens is 272 g/mol. The lowest BCUT2D eigenvalue weighted by Crippen LogP contribution is -2.39. The van der Waals surface area contributed by atoms with Crippen molar-refractivity contribution in [2.45, 2.75) is 38.1 Å². The average Bonchev–Trinajstić information content (AvgIpc) is 3.08. The van der Waals surface area contributed by atoms with E-state index >= 15 is 0 Å². The number of rotatable bonds is 10. The zero-order valence-corrected chi connectivity index (χ0v) is 13.9. The summed E-state index contributed by atoms with van der Waals surface area (Å²) in [6.07, 6.45) is 8.53. The van der Waals surface area contributed by atoms with E-state index in [-0.39, 0.29) is 0 Å². The summed E-state index contributed by atoms with van der Waals surface area (Å²) in [5.41, 5.74) is 1.27. The highest BCUT2D eigenvalue weighted by Crippen LogP contribution is 2.23. The van der Waals surface area contributed by atoms with Crippen LogP contribution in [-0.2, 0) is 6.42 Å². The van der Waals surface area contributed by atoms with Gasteiger partial charge >= 0.3 is 0 Å². The molecule has 1 aliphatic rings. The third-order valence-corrected chi connectivity index (χ3v) is 4.54. The van der Waals surface area contributed by atoms with E-state index in [9.17, 15) is 0 Å². The Bertz CT molecular complexity index is 441. The van der Waals surface area contributed by atoms with Gasteiger partial charge in [0.2, 0.25) is 0 Å². The molecule has 1 aromatic carbocycles. The van der Waals surface area contributed by atoms with E-state index in [1.807, 2.05) is 18.2 Å². The molecule has 0 bridgehead atoms. The summed E-state index contributed by atoms with van der Waals surface area (Å²) in [5, 5.41) is 3.57. The number of hydrogen-bond donors (Lipinski definition) is 1. The Morgan fingerprint density at radius 1 is 1.27 bits per heavy atom. The summed E-state index contributed by atoms with van der Waals surface area (Å²) >= 11 is 0. The van der Waals surface area contributed by atoms with Gasteiger partial charge in [-0.05, 0) is 37.4 Å². The van der Waals surface area contributed by atoms with Crippen LogP contribution in [0.5, 0.6) is 5.75 Å². The second-order valence-corrected chi connectivity index (χ2v) is 6.03. The van der Waals surface area contributed by atoms with Crippen molar-refractivity contribution in [3.63, 3.8) is 0 Å². The Labute approximate surface area is 135 Å². The lowest BCUT2D eigenvalue weighted by molar-refractivity contribution is 0.220. The quantitative estimate of drug-likeness (QED) is 0.530. The molecule has 2 rings (SSSR count). The van der Waals surface area contributed by atoms with Gasteiger partial charge in [-0.1, -0.05) is 37.1 Å². The van der Waals surface area contributed by atoms with E-state index < -0.39 is 0 Å². The number of benzene rings is 1. The zero-order valence-electron chi connectivity index (χ0n) is 13.9. The summed E-state index contributed by atoms with van der Waals surface area (Å²) < 4.78 is 5.39. The van der Waals surface area contributed by atoms with Crippen molar-refractivity contribution in [1.29, 1.82) is 0 Å². The fraction of sp³-hybridized carbons (Fsp3) is 0.579. The molecule has 0 atom stereocenters. The fourth-order valence-corrected chi connectivity index (χ4v) is 3.34. The summed E-state index contributed by atoms with van der Waals surface area (Å²) in [5.74, 6) is 0.989. The number of nitrogens with zero attached hydrogens (tertiary/aromatic N) is 1. The third-order valence-electron chi connectivity index (χ3n) is 4.54. The maximum absolute atomic E-state index is 5.39. The number of para-hydroxylation sites is 1. The fourth-order valence-electron chi connectivity index (χ4n) is 3.34. The van der Waals surface area contributed by atoms with Gasteiger partial charge in [0.25, 0.3) is 0 Å². The van der Waals surface area contributed by atoms with Gasteiger partial charge in [-0.3, -0.25) is 4.90 Å². The van der Waals surface area contributed by atoms with Crippen LogP contribution >= 0.6 is 0 Å². The molecule has 0 radical (unpaired) electrons. The molecular formula is C19H30N2O. The minimum Gasteiger partial charge on any atom is -0.496 e. The highest BCUT2D eigenvalue weighted by atomic mass is 16.5. The van der Waals surface area contributed by atoms with Crippen LogP contribution in [0.4, 0.5) is 0 Å². The van der Waals surface area contributed by atoms with Crippen molar-refractivity contribution in [3.8, 4) is 5.75 Å². The van der Waals surface area contributed by atoms with Crippen molar-refractivity contribution in [3.05, 3.63) is 42.5 Å². The van der Waals surface area contributed by atoms with Crippen LogP contribution in [0.15, 0.2) is 36.9 Å². The Morgan fingerprint density at radius 2 is 2.05 bits per heavy atom. The van der Waals surface area contributed by atoms with Crippen molar-refractivity contribution >= 4 is 0 Å². The summed E-state index contributed by atoms with van der Waals surface area (Å²) in [7, 11) is 1.74. The lowest BCUT2D eigenvalue weighted by atomic mass is 10.1. The van der Waals surface area contributed by atoms with Gasteiger partial charge in [-0.15, -0.1) is 6.58 Å². The third kappa shape index (κ3) is 5.15. The van der Waals surface area contributed by atoms with Crippen LogP contribution in [0.25, 0.3) is 0 Å². The number of hydrogen-bond acceptors (Lipinski definition) is 3. The van der Waals surface area contributed by atoms with Gasteiger partial charge in [-0.25, -0.2) is 0 Å². The molecule has 0 saturated heterocycles. The monoisotopic (exact) mass is 302 g/mol. The molecule has 22 heavy (non-hydrogen) atoms. The highest BCUT2D eigenvalue weighted by molar-refractivity contribution is 5.33. The van der Waals surface area contributed by atoms with E-state index in [1.165, 1.54) is 31.2 Å². The molecule has 1 aromatic rings. The summed E-state index contributed by atoms with van der Waals surface area (Å²) in [6.45, 7) is 8.06. The van der Waals surface area contributed by atoms with Gasteiger partial charge in [0, 0.05) is 25.7 Å². The van der Waals surface area contributed by atoms with Crippen LogP contribution in [-0.4, -0.2) is 44.2 Å². The number of methoxy groups -OCH3 is 1. The standard InChI is InChI=1S/C19H30N2O/c1-3-15-21(18-9-5-6-10-18)16-14-20-13-12-17-8-4-7-11-19(17)22-2/h3-4,7-8,11,18,20H,1,5-6,9-10,12-16H2,2H3. The Hall–Kier alpha value is -1.32. The minimum atomic E-state index is 0.772. The maximum atomic E-state index is 5.39. The molecule has 0 aromatic heterocycles. The first-order chi connectivity index (χ1) is 10.8. The van der Waals surface area contributed by atoms with Crippen molar-refractivity contribution in [2.75, 3.05) is 33.3 Å². The van der Waals surface area contributed by atoms with Crippen molar-refractivity contribution < 1.29 is 4.74 Å². The Morgan fingerprint density at radius 3 is 2.77 bits per heavy atom. The second-order valence-electron chi connectivity index (χ2n) is 6.03. The lowest BCUT2D eigenvalue weighted by Gasteiger charge is -2.27. The smallest absolute Gasteiger partial charge is 0.122 e. The SMILES string of the molecule is C=CCN(CCNCCc1ccccc1OC)C1CCCC1. The summed E-state index contributed by atoms with van der Waals surface area (Å²) in [4.78, 5) is 2.58. The Balaban J connectivity index is 1.68. The largest absolute Gasteiger partial charge is 0.496 e. The Kier molecular flexibility index (Phi) is 7.47. The maximum Gasteiger partial charge on any atom is 0.122 e. The topological polar surface area (TPSA) is 24.5 Å². The molecule has 1 saturated carbocycles. The van der Waals surface area contributed by atoms with Crippen LogP contribution in [0.2, 0.25) is 0 Å². The van der Waals surface area contributed by atoms with Gasteiger partial charge in [-0.2, -0.15) is 0 Å². The van der Waals surface area contributed by atoms with Gasteiger partial charge in [0.05, 0.1) is 7.11 Å². The summed E-state index contributed by atoms with van der Waals surface area (Å²) in [6, 6.07) is 9.03. The van der Waals surface area contributed by atoms with Crippen LogP contribution in [0.1, 0.15) is 31.2 Å². The van der Waals surface area contributed by atoms with Crippen LogP contribution in [0, 0.1) is 0 Å². The van der Waals surface area contributed by atoms with E-state index in [0.29, 0.717) is 0 Å². The van der Waals surface area contributed by atoms with Crippen molar-refractivity contribution in [1.82, 2.24) is 10.2 Å². The molecule has 0 unspecified atom stereocenters. The molecule has 0 amide bonds. The molecule has 3 heteroatoms. The van der Waals surface area contributed by atoms with Gasteiger partial charge in [0.15, 0.2) is 0 Å². The predicted octanol–water partition coefficient (Wildman–Crippen LogP) is 3.26. The average molecular weight is 302 g/mol. The minimum absolute atomic E-state index is 0.772. The van der Waals surface area contributed by atoms with Gasteiger partial charge < -0.3 is 10.1 Å². The van der Waals surface area contributed by atoms with Crippen molar-refractivity contribution in [2.24, 2.45) is 0 Å². The first kappa shape index (κ1) is 17.0. The molecule has 0 aliphatic heterocycles. The molecule has 0 spiro atoms. The number of nitrogens with one attached hydrogen (secondary N) is 1. The molecule has 1 aliphatic carbocycles. The molecule has 0 heterocycles. The van der Waals surface area contributed by atoms with E-state index in [2.05, 4.69) is 28.9 Å². The normalized spacial score (nSPS) is 15.4. The zero-order chi connectivity index (χ0) is 15.6. The second kappa shape index (κ2) is 9.65. The van der Waals surface area contributed by atoms with E-state index in [4.69, 9.17) is 4.74 Å². The van der Waals surface area contributed by atoms with E-state index in [1.54, 1.807) is 7.11 Å². The molecule has 122 valence electrons. The molecule has 1 N–H and O–H groups in total. The molecule has 1 fully saturated rings. The van der Waals surface area contributed by atoms with Gasteiger partial charge in [0.1, 0.15) is 5.75 Å². The molecule has 3 nitrogen and oxygen atoms in total. The van der Waals surface area contributed by atoms with Crippen LogP contribution in [0.3, 0.4) is 0 Å². The predicted molar refractivity (Wildman–Crippen MR) is 93.6 cm³/mol. The highest BCUT2D eigenvalue weighted by Gasteiger charge is 2.20. The first-order valence-corrected chi connectivity index (χ1v) is 8.52. The first-order valence-electron chi connectivity index (χ1n) is 8.52.